The maximum absolute atomic E-state index is 14.2. The monoisotopic (exact) mass is 349 g/mol. The molecule has 5 nitrogen and oxygen atoms in total. The van der Waals surface area contributed by atoms with E-state index in [1.807, 2.05) is 11.0 Å². The fraction of sp³-hybridized carbons (Fsp3) is 0.133. The first-order valence-corrected chi connectivity index (χ1v) is 7.63. The van der Waals surface area contributed by atoms with Gasteiger partial charge in [0.2, 0.25) is 0 Å². The number of hydrogen-bond donors (Lipinski definition) is 1. The summed E-state index contributed by atoms with van der Waals surface area (Å²) in [6, 6.07) is 6.40. The first kappa shape index (κ1) is 14.4. The quantitative estimate of drug-likeness (QED) is 0.860. The topological polar surface area (TPSA) is 52.9 Å². The van der Waals surface area contributed by atoms with Gasteiger partial charge in [-0.15, -0.1) is 0 Å². The summed E-state index contributed by atoms with van der Waals surface area (Å²) in [7, 11) is 0. The molecular weight excluding hydrogens is 340 g/mol. The lowest BCUT2D eigenvalue weighted by Gasteiger charge is -2.20. The molecule has 2 aromatic rings. The minimum Gasteiger partial charge on any atom is -0.307 e. The van der Waals surface area contributed by atoms with E-state index < -0.39 is 5.82 Å². The SMILES string of the molecule is Fc1cccnc1C1=NCC2=NNCN2c2ccc(Cl)c(Cl)c21. The van der Waals surface area contributed by atoms with Crippen molar-refractivity contribution in [2.75, 3.05) is 18.1 Å². The van der Waals surface area contributed by atoms with E-state index in [0.29, 0.717) is 34.5 Å². The molecular formula is C15H10Cl2FN5. The van der Waals surface area contributed by atoms with Crippen LogP contribution in [0.25, 0.3) is 0 Å². The van der Waals surface area contributed by atoms with Crippen LogP contribution < -0.4 is 10.3 Å². The second-order valence-electron chi connectivity index (χ2n) is 5.03. The van der Waals surface area contributed by atoms with Gasteiger partial charge in [-0.1, -0.05) is 23.2 Å². The number of nitrogens with one attached hydrogen (secondary N) is 1. The second-order valence-corrected chi connectivity index (χ2v) is 5.81. The molecule has 8 heteroatoms. The van der Waals surface area contributed by atoms with Gasteiger partial charge in [0.15, 0.2) is 11.7 Å². The minimum atomic E-state index is -0.463. The minimum absolute atomic E-state index is 0.146. The van der Waals surface area contributed by atoms with Crippen LogP contribution >= 0.6 is 23.2 Å². The molecule has 3 heterocycles. The molecule has 2 aliphatic rings. The molecule has 0 saturated heterocycles. The van der Waals surface area contributed by atoms with Gasteiger partial charge in [-0.3, -0.25) is 15.4 Å². The van der Waals surface area contributed by atoms with Crippen LogP contribution in [0.4, 0.5) is 10.1 Å². The highest BCUT2D eigenvalue weighted by Crippen LogP contribution is 2.37. The molecule has 4 rings (SSSR count). The van der Waals surface area contributed by atoms with Crippen LogP contribution in [0.1, 0.15) is 11.3 Å². The van der Waals surface area contributed by atoms with Crippen molar-refractivity contribution in [3.8, 4) is 0 Å². The zero-order chi connectivity index (χ0) is 16.0. The number of halogens is 3. The number of hydrazone groups is 1. The van der Waals surface area contributed by atoms with E-state index in [0.717, 1.165) is 11.5 Å². The lowest BCUT2D eigenvalue weighted by atomic mass is 10.0. The molecule has 1 N–H and O–H groups in total. The summed E-state index contributed by atoms with van der Waals surface area (Å²) in [5.74, 6) is 0.270. The Morgan fingerprint density at radius 3 is 2.91 bits per heavy atom. The molecule has 0 bridgehead atoms. The number of rotatable bonds is 1. The number of anilines is 1. The Bertz CT molecular complexity index is 865. The van der Waals surface area contributed by atoms with Crippen molar-refractivity contribution >= 4 is 40.4 Å². The Labute approximate surface area is 141 Å². The Kier molecular flexibility index (Phi) is 3.43. The van der Waals surface area contributed by atoms with Gasteiger partial charge < -0.3 is 4.90 Å². The molecule has 116 valence electrons. The zero-order valence-electron chi connectivity index (χ0n) is 11.7. The summed E-state index contributed by atoms with van der Waals surface area (Å²) in [4.78, 5) is 10.6. The lowest BCUT2D eigenvalue weighted by molar-refractivity contribution is 0.618. The Morgan fingerprint density at radius 1 is 1.22 bits per heavy atom. The molecule has 0 radical (unpaired) electrons. The first-order chi connectivity index (χ1) is 11.2. The van der Waals surface area contributed by atoms with E-state index in [4.69, 9.17) is 23.2 Å². The van der Waals surface area contributed by atoms with Crippen molar-refractivity contribution < 1.29 is 4.39 Å². The van der Waals surface area contributed by atoms with Crippen LogP contribution in [-0.2, 0) is 0 Å². The molecule has 0 amide bonds. The zero-order valence-corrected chi connectivity index (χ0v) is 13.2. The van der Waals surface area contributed by atoms with E-state index in [1.165, 1.54) is 18.3 Å². The highest BCUT2D eigenvalue weighted by molar-refractivity contribution is 6.45. The fourth-order valence-corrected chi connectivity index (χ4v) is 3.07. The van der Waals surface area contributed by atoms with Gasteiger partial charge in [-0.25, -0.2) is 4.39 Å². The van der Waals surface area contributed by atoms with Gasteiger partial charge in [-0.2, -0.15) is 5.10 Å². The Morgan fingerprint density at radius 2 is 2.09 bits per heavy atom. The molecule has 1 aromatic carbocycles. The number of nitrogens with zero attached hydrogens (tertiary/aromatic N) is 4. The third kappa shape index (κ3) is 2.26. The van der Waals surface area contributed by atoms with E-state index in [-0.39, 0.29) is 5.69 Å². The number of benzene rings is 1. The van der Waals surface area contributed by atoms with Crippen molar-refractivity contribution in [2.45, 2.75) is 0 Å². The molecule has 1 aromatic heterocycles. The largest absolute Gasteiger partial charge is 0.307 e. The van der Waals surface area contributed by atoms with Crippen molar-refractivity contribution in [1.29, 1.82) is 0 Å². The number of hydrogen-bond acceptors (Lipinski definition) is 5. The van der Waals surface area contributed by atoms with Crippen LogP contribution in [0.15, 0.2) is 40.6 Å². The normalized spacial score (nSPS) is 16.0. The van der Waals surface area contributed by atoms with Gasteiger partial charge in [0, 0.05) is 11.8 Å². The third-order valence-electron chi connectivity index (χ3n) is 3.71. The van der Waals surface area contributed by atoms with Crippen molar-refractivity contribution in [3.05, 3.63) is 57.6 Å². The summed E-state index contributed by atoms with van der Waals surface area (Å²) < 4.78 is 14.2. The molecule has 0 saturated carbocycles. The highest BCUT2D eigenvalue weighted by Gasteiger charge is 2.30. The maximum atomic E-state index is 14.2. The number of fused-ring (bicyclic) bond motifs is 3. The fourth-order valence-electron chi connectivity index (χ4n) is 2.67. The second kappa shape index (κ2) is 5.47. The molecule has 0 aliphatic carbocycles. The van der Waals surface area contributed by atoms with Crippen LogP contribution in [0.2, 0.25) is 10.0 Å². The van der Waals surface area contributed by atoms with Crippen LogP contribution in [0.5, 0.6) is 0 Å². The van der Waals surface area contributed by atoms with Gasteiger partial charge in [0.05, 0.1) is 28.0 Å². The highest BCUT2D eigenvalue weighted by atomic mass is 35.5. The first-order valence-electron chi connectivity index (χ1n) is 6.87. The molecule has 0 spiro atoms. The predicted octanol–water partition coefficient (Wildman–Crippen LogP) is 3.06. The van der Waals surface area contributed by atoms with Crippen LogP contribution in [0, 0.1) is 5.82 Å². The van der Waals surface area contributed by atoms with Crippen LogP contribution in [-0.4, -0.2) is 29.7 Å². The molecule has 0 fully saturated rings. The van der Waals surface area contributed by atoms with Crippen LogP contribution in [0.3, 0.4) is 0 Å². The van der Waals surface area contributed by atoms with E-state index in [9.17, 15) is 4.39 Å². The van der Waals surface area contributed by atoms with E-state index in [1.54, 1.807) is 6.07 Å². The van der Waals surface area contributed by atoms with Gasteiger partial charge in [0.1, 0.15) is 12.4 Å². The summed E-state index contributed by atoms with van der Waals surface area (Å²) in [6.45, 7) is 0.786. The van der Waals surface area contributed by atoms with Crippen molar-refractivity contribution in [3.63, 3.8) is 0 Å². The predicted molar refractivity (Wildman–Crippen MR) is 89.1 cm³/mol. The Hall–Kier alpha value is -2.18. The molecule has 2 aliphatic heterocycles. The molecule has 23 heavy (non-hydrogen) atoms. The van der Waals surface area contributed by atoms with Gasteiger partial charge in [0.25, 0.3) is 0 Å². The van der Waals surface area contributed by atoms with E-state index >= 15 is 0 Å². The lowest BCUT2D eigenvalue weighted by Crippen LogP contribution is -2.30. The smallest absolute Gasteiger partial charge is 0.152 e. The maximum Gasteiger partial charge on any atom is 0.152 e. The number of pyridine rings is 1. The van der Waals surface area contributed by atoms with Gasteiger partial charge in [-0.05, 0) is 24.3 Å². The van der Waals surface area contributed by atoms with Crippen molar-refractivity contribution in [2.24, 2.45) is 10.1 Å². The average Bonchev–Trinajstić information content (AvgIpc) is 2.95. The van der Waals surface area contributed by atoms with Crippen molar-refractivity contribution in [1.82, 2.24) is 10.4 Å². The average molecular weight is 350 g/mol. The standard InChI is InChI=1S/C15H10Cl2FN5/c16-8-3-4-10-12(13(8)17)15(14-9(18)2-1-5-19-14)20-6-11-22-21-7-23(10)11/h1-5,21H,6-7H2. The van der Waals surface area contributed by atoms with E-state index in [2.05, 4.69) is 20.5 Å². The molecule has 0 unspecified atom stereocenters. The summed E-state index contributed by atoms with van der Waals surface area (Å²) in [6.07, 6.45) is 1.52. The number of amidine groups is 1. The summed E-state index contributed by atoms with van der Waals surface area (Å²) in [5, 5.41) is 4.91. The third-order valence-corrected chi connectivity index (χ3v) is 4.51. The molecule has 0 atom stereocenters. The summed E-state index contributed by atoms with van der Waals surface area (Å²) in [5.41, 5.74) is 4.76. The number of aliphatic imine (C=N–C) groups is 1. The summed E-state index contributed by atoms with van der Waals surface area (Å²) >= 11 is 12.6. The van der Waals surface area contributed by atoms with Gasteiger partial charge >= 0.3 is 0 Å². The number of aromatic nitrogens is 1. The Balaban J connectivity index is 2.01.